The van der Waals surface area contributed by atoms with Crippen molar-refractivity contribution in [3.05, 3.63) is 126 Å². The van der Waals surface area contributed by atoms with E-state index in [2.05, 4.69) is 84.9 Å². The summed E-state index contributed by atoms with van der Waals surface area (Å²) in [6.07, 6.45) is 8.44. The normalized spacial score (nSPS) is 22.5. The van der Waals surface area contributed by atoms with Gasteiger partial charge in [-0.1, -0.05) is 84.9 Å². The van der Waals surface area contributed by atoms with Crippen LogP contribution in [0.15, 0.2) is 120 Å². The number of nitrogens with zero attached hydrogens (tertiary/aromatic N) is 4. The van der Waals surface area contributed by atoms with Crippen molar-refractivity contribution < 1.29 is 4.42 Å². The van der Waals surface area contributed by atoms with Gasteiger partial charge in [0.05, 0.1) is 11.6 Å². The van der Waals surface area contributed by atoms with E-state index in [-0.39, 0.29) is 0 Å². The maximum Gasteiger partial charge on any atom is 0.164 e. The van der Waals surface area contributed by atoms with Crippen molar-refractivity contribution in [1.82, 2.24) is 15.0 Å². The molecule has 5 heteroatoms. The Morgan fingerprint density at radius 3 is 1.61 bits per heavy atom. The monoisotopic (exact) mass is 634 g/mol. The largest absolute Gasteiger partial charge is 0.456 e. The average Bonchev–Trinajstić information content (AvgIpc) is 3.52. The molecule has 7 aromatic rings. The number of nitriles is 1. The van der Waals surface area contributed by atoms with Gasteiger partial charge in [0.1, 0.15) is 11.2 Å². The molecule has 4 aliphatic rings. The fourth-order valence-corrected chi connectivity index (χ4v) is 9.63. The Balaban J connectivity index is 0.991. The minimum Gasteiger partial charge on any atom is -0.456 e. The predicted molar refractivity (Wildman–Crippen MR) is 193 cm³/mol. The maximum atomic E-state index is 9.30. The third-order valence-corrected chi connectivity index (χ3v) is 11.5. The number of rotatable bonds is 5. The molecular formula is C44H34N4O. The quantitative estimate of drug-likeness (QED) is 0.188. The fourth-order valence-electron chi connectivity index (χ4n) is 9.63. The third kappa shape index (κ3) is 4.85. The van der Waals surface area contributed by atoms with Gasteiger partial charge in [0.25, 0.3) is 0 Å². The van der Waals surface area contributed by atoms with E-state index < -0.39 is 0 Å². The van der Waals surface area contributed by atoms with Gasteiger partial charge in [-0.2, -0.15) is 5.26 Å². The van der Waals surface area contributed by atoms with Crippen LogP contribution in [-0.4, -0.2) is 15.0 Å². The second-order valence-corrected chi connectivity index (χ2v) is 14.7. The summed E-state index contributed by atoms with van der Waals surface area (Å²) in [5.74, 6) is 4.78. The van der Waals surface area contributed by atoms with E-state index >= 15 is 0 Å². The van der Waals surface area contributed by atoms with E-state index in [0.29, 0.717) is 28.5 Å². The molecule has 0 spiro atoms. The van der Waals surface area contributed by atoms with Crippen molar-refractivity contribution in [2.75, 3.05) is 0 Å². The van der Waals surface area contributed by atoms with Gasteiger partial charge in [-0.15, -0.1) is 0 Å². The Bertz CT molecular complexity index is 2380. The molecule has 0 aliphatic heterocycles. The van der Waals surface area contributed by atoms with Crippen molar-refractivity contribution >= 4 is 21.9 Å². The summed E-state index contributed by atoms with van der Waals surface area (Å²) >= 11 is 0. The lowest BCUT2D eigenvalue weighted by molar-refractivity contribution is -0.00518. The molecule has 0 N–H and O–H groups in total. The molecule has 0 saturated heterocycles. The lowest BCUT2D eigenvalue weighted by atomic mass is 9.48. The standard InChI is InChI=1S/C44H34N4O/c45-26-27-6-16-37-38-17-13-35(22-40(38)49-39(37)21-27)31-7-9-33(10-8-31)42-46-41(32-4-2-1-3-5-32)47-43(48-42)34-11-14-36(15-12-34)44-23-28-18-29(24-44)20-30(19-28)25-44/h1-17,21-22,28-30H,18-20,23-25H2/t28-,29+,30-,44?. The Labute approximate surface area is 285 Å². The van der Waals surface area contributed by atoms with E-state index in [9.17, 15) is 5.26 Å². The van der Waals surface area contributed by atoms with Crippen LogP contribution in [0.25, 0.3) is 67.2 Å². The van der Waals surface area contributed by atoms with Crippen LogP contribution in [0.5, 0.6) is 0 Å². The van der Waals surface area contributed by atoms with Gasteiger partial charge >= 0.3 is 0 Å². The Hall–Kier alpha value is -5.60. The zero-order valence-electron chi connectivity index (χ0n) is 27.1. The zero-order chi connectivity index (χ0) is 32.5. The molecule has 0 amide bonds. The van der Waals surface area contributed by atoms with E-state index in [4.69, 9.17) is 19.4 Å². The number of hydrogen-bond acceptors (Lipinski definition) is 5. The van der Waals surface area contributed by atoms with Crippen LogP contribution in [0.1, 0.15) is 49.7 Å². The summed E-state index contributed by atoms with van der Waals surface area (Å²) in [5, 5.41) is 11.4. The highest BCUT2D eigenvalue weighted by molar-refractivity contribution is 6.06. The molecule has 2 aromatic heterocycles. The van der Waals surface area contributed by atoms with Gasteiger partial charge in [-0.3, -0.25) is 0 Å². The van der Waals surface area contributed by atoms with Crippen molar-refractivity contribution in [2.24, 2.45) is 17.8 Å². The zero-order valence-corrected chi connectivity index (χ0v) is 27.1. The van der Waals surface area contributed by atoms with Gasteiger partial charge < -0.3 is 4.42 Å². The van der Waals surface area contributed by atoms with Crippen molar-refractivity contribution in [3.8, 4) is 51.4 Å². The Kier molecular flexibility index (Phi) is 6.36. The van der Waals surface area contributed by atoms with Gasteiger partial charge in [-0.05, 0) is 109 Å². The minimum atomic E-state index is 0.365. The summed E-state index contributed by atoms with van der Waals surface area (Å²) < 4.78 is 6.15. The molecule has 236 valence electrons. The lowest BCUT2D eigenvalue weighted by Crippen LogP contribution is -2.48. The summed E-state index contributed by atoms with van der Waals surface area (Å²) in [7, 11) is 0. The number of furan rings is 1. The first-order valence-electron chi connectivity index (χ1n) is 17.5. The number of fused-ring (bicyclic) bond motifs is 3. The van der Waals surface area contributed by atoms with Crippen LogP contribution in [0.4, 0.5) is 0 Å². The smallest absolute Gasteiger partial charge is 0.164 e. The summed E-state index contributed by atoms with van der Waals surface area (Å²) in [4.78, 5) is 15.0. The van der Waals surface area contributed by atoms with Gasteiger partial charge in [-0.25, -0.2) is 15.0 Å². The van der Waals surface area contributed by atoms with Crippen LogP contribution in [0, 0.1) is 29.1 Å². The SMILES string of the molecule is N#Cc1ccc2c(c1)oc1cc(-c3ccc(-c4nc(-c5ccccc5)nc(-c5ccc(C67C[C@H]8C[C@@H](C6)C[C@@H](C7)C8)cc5)n4)cc3)ccc12. The van der Waals surface area contributed by atoms with Crippen molar-refractivity contribution in [3.63, 3.8) is 0 Å². The van der Waals surface area contributed by atoms with Crippen molar-refractivity contribution in [2.45, 2.75) is 43.9 Å². The first-order valence-corrected chi connectivity index (χ1v) is 17.5. The fraction of sp³-hybridized carbons (Fsp3) is 0.227. The second-order valence-electron chi connectivity index (χ2n) is 14.7. The molecule has 0 unspecified atom stereocenters. The van der Waals surface area contributed by atoms with Crippen LogP contribution < -0.4 is 0 Å². The Morgan fingerprint density at radius 2 is 1.02 bits per heavy atom. The molecule has 0 atom stereocenters. The second kappa shape index (κ2) is 11.0. The van der Waals surface area contributed by atoms with Gasteiger partial charge in [0.15, 0.2) is 17.5 Å². The van der Waals surface area contributed by atoms with E-state index in [1.807, 2.05) is 30.3 Å². The van der Waals surface area contributed by atoms with Crippen LogP contribution >= 0.6 is 0 Å². The van der Waals surface area contributed by atoms with Gasteiger partial charge in [0.2, 0.25) is 0 Å². The Morgan fingerprint density at radius 1 is 0.531 bits per heavy atom. The molecule has 4 bridgehead atoms. The number of hydrogen-bond donors (Lipinski definition) is 0. The number of aromatic nitrogens is 3. The van der Waals surface area contributed by atoms with E-state index in [0.717, 1.165) is 67.5 Å². The van der Waals surface area contributed by atoms with Crippen molar-refractivity contribution in [1.29, 1.82) is 5.26 Å². The summed E-state index contributed by atoms with van der Waals surface area (Å²) in [6.45, 7) is 0. The molecule has 0 radical (unpaired) electrons. The molecular weight excluding hydrogens is 601 g/mol. The molecule has 5 nitrogen and oxygen atoms in total. The van der Waals surface area contributed by atoms with E-state index in [1.165, 1.54) is 44.1 Å². The maximum absolute atomic E-state index is 9.30. The summed E-state index contributed by atoms with van der Waals surface area (Å²) in [5.41, 5.74) is 9.04. The van der Waals surface area contributed by atoms with E-state index in [1.54, 1.807) is 6.07 Å². The first-order chi connectivity index (χ1) is 24.1. The van der Waals surface area contributed by atoms with Gasteiger partial charge in [0, 0.05) is 27.5 Å². The molecule has 4 saturated carbocycles. The highest BCUT2D eigenvalue weighted by Crippen LogP contribution is 2.60. The highest BCUT2D eigenvalue weighted by Gasteiger charge is 2.51. The third-order valence-electron chi connectivity index (χ3n) is 11.5. The molecule has 2 heterocycles. The predicted octanol–water partition coefficient (Wildman–Crippen LogP) is 10.8. The van der Waals surface area contributed by atoms with Crippen LogP contribution in [-0.2, 0) is 5.41 Å². The molecule has 11 rings (SSSR count). The average molecular weight is 635 g/mol. The first kappa shape index (κ1) is 28.4. The molecule has 5 aromatic carbocycles. The molecule has 49 heavy (non-hydrogen) atoms. The van der Waals surface area contributed by atoms with Crippen LogP contribution in [0.2, 0.25) is 0 Å². The molecule has 4 fully saturated rings. The van der Waals surface area contributed by atoms with Crippen LogP contribution in [0.3, 0.4) is 0 Å². The molecule has 4 aliphatic carbocycles. The highest BCUT2D eigenvalue weighted by atomic mass is 16.3. The lowest BCUT2D eigenvalue weighted by Gasteiger charge is -2.57. The number of benzene rings is 5. The topological polar surface area (TPSA) is 75.6 Å². The minimum absolute atomic E-state index is 0.365. The summed E-state index contributed by atoms with van der Waals surface area (Å²) in [6, 6.07) is 41.8.